The first-order valence-electron chi connectivity index (χ1n) is 7.37. The van der Waals surface area contributed by atoms with Crippen LogP contribution in [0.15, 0.2) is 24.5 Å². The number of aromatic nitrogens is 2. The standard InChI is InChI=1S/C15H21ClN4/c16-13-4-5-15-18-14(12-20(15)11-13)10-17-6-3-9-19-7-1-2-8-19/h4-5,11-12,17H,1-3,6-10H2. The lowest BCUT2D eigenvalue weighted by atomic mass is 10.3. The fraction of sp³-hybridized carbons (Fsp3) is 0.533. The summed E-state index contributed by atoms with van der Waals surface area (Å²) in [5.74, 6) is 0. The molecule has 0 spiro atoms. The van der Waals surface area contributed by atoms with Crippen LogP contribution in [0.5, 0.6) is 0 Å². The smallest absolute Gasteiger partial charge is 0.137 e. The van der Waals surface area contributed by atoms with Gasteiger partial charge in [-0.3, -0.25) is 0 Å². The molecule has 0 radical (unpaired) electrons. The lowest BCUT2D eigenvalue weighted by Crippen LogP contribution is -2.24. The number of imidazole rings is 1. The van der Waals surface area contributed by atoms with E-state index < -0.39 is 0 Å². The summed E-state index contributed by atoms with van der Waals surface area (Å²) in [6, 6.07) is 3.82. The number of pyridine rings is 1. The first-order valence-corrected chi connectivity index (χ1v) is 7.75. The molecule has 0 aromatic carbocycles. The summed E-state index contributed by atoms with van der Waals surface area (Å²) >= 11 is 5.97. The van der Waals surface area contributed by atoms with Gasteiger partial charge in [-0.15, -0.1) is 0 Å². The SMILES string of the molecule is Clc1ccc2nc(CNCCCN3CCCC3)cn2c1. The minimum Gasteiger partial charge on any atom is -0.311 e. The van der Waals surface area contributed by atoms with E-state index in [4.69, 9.17) is 11.6 Å². The number of likely N-dealkylation sites (tertiary alicyclic amines) is 1. The molecule has 108 valence electrons. The predicted molar refractivity (Wildman–Crippen MR) is 82.2 cm³/mol. The van der Waals surface area contributed by atoms with Gasteiger partial charge in [0.05, 0.1) is 10.7 Å². The molecule has 0 aliphatic carbocycles. The van der Waals surface area contributed by atoms with Crippen LogP contribution in [0.4, 0.5) is 0 Å². The number of halogens is 1. The fourth-order valence-corrected chi connectivity index (χ4v) is 2.92. The molecule has 0 unspecified atom stereocenters. The van der Waals surface area contributed by atoms with Crippen molar-refractivity contribution < 1.29 is 0 Å². The van der Waals surface area contributed by atoms with Crippen molar-refractivity contribution in [2.75, 3.05) is 26.2 Å². The molecule has 3 rings (SSSR count). The minimum atomic E-state index is 0.736. The van der Waals surface area contributed by atoms with Gasteiger partial charge in [-0.25, -0.2) is 4.98 Å². The van der Waals surface area contributed by atoms with Gasteiger partial charge in [0.2, 0.25) is 0 Å². The zero-order valence-electron chi connectivity index (χ0n) is 11.7. The third kappa shape index (κ3) is 3.51. The second kappa shape index (κ2) is 6.57. The van der Waals surface area contributed by atoms with Crippen molar-refractivity contribution in [3.05, 3.63) is 35.2 Å². The second-order valence-electron chi connectivity index (χ2n) is 5.42. The summed E-state index contributed by atoms with van der Waals surface area (Å²) in [6.07, 6.45) is 7.88. The van der Waals surface area contributed by atoms with Crippen molar-refractivity contribution in [1.82, 2.24) is 19.6 Å². The number of hydrogen-bond acceptors (Lipinski definition) is 3. The van der Waals surface area contributed by atoms with E-state index >= 15 is 0 Å². The maximum Gasteiger partial charge on any atom is 0.137 e. The Labute approximate surface area is 124 Å². The third-order valence-corrected chi connectivity index (χ3v) is 4.02. The highest BCUT2D eigenvalue weighted by atomic mass is 35.5. The van der Waals surface area contributed by atoms with Crippen molar-refractivity contribution in [2.24, 2.45) is 0 Å². The van der Waals surface area contributed by atoms with Gasteiger partial charge in [0, 0.05) is 18.9 Å². The van der Waals surface area contributed by atoms with Crippen LogP contribution < -0.4 is 5.32 Å². The Bertz CT molecular complexity index is 560. The highest BCUT2D eigenvalue weighted by Crippen LogP contribution is 2.11. The Kier molecular flexibility index (Phi) is 4.55. The van der Waals surface area contributed by atoms with E-state index in [2.05, 4.69) is 15.2 Å². The molecule has 3 heterocycles. The van der Waals surface area contributed by atoms with E-state index in [1.54, 1.807) is 0 Å². The maximum atomic E-state index is 5.97. The Balaban J connectivity index is 1.42. The van der Waals surface area contributed by atoms with Crippen LogP contribution in [0.25, 0.3) is 5.65 Å². The predicted octanol–water partition coefficient (Wildman–Crippen LogP) is 2.56. The average molecular weight is 293 g/mol. The first kappa shape index (κ1) is 13.9. The molecule has 0 saturated carbocycles. The van der Waals surface area contributed by atoms with Crippen LogP contribution in [-0.4, -0.2) is 40.5 Å². The van der Waals surface area contributed by atoms with E-state index in [0.29, 0.717) is 0 Å². The molecular formula is C15H21ClN4. The third-order valence-electron chi connectivity index (χ3n) is 3.80. The van der Waals surface area contributed by atoms with E-state index in [1.165, 1.54) is 38.9 Å². The molecule has 2 aromatic rings. The second-order valence-corrected chi connectivity index (χ2v) is 5.86. The molecule has 2 aromatic heterocycles. The van der Waals surface area contributed by atoms with Gasteiger partial charge in [0.25, 0.3) is 0 Å². The van der Waals surface area contributed by atoms with Crippen molar-refractivity contribution >= 4 is 17.2 Å². The van der Waals surface area contributed by atoms with Crippen LogP contribution in [0, 0.1) is 0 Å². The molecular weight excluding hydrogens is 272 g/mol. The Morgan fingerprint density at radius 1 is 1.20 bits per heavy atom. The van der Waals surface area contributed by atoms with Crippen molar-refractivity contribution in [3.63, 3.8) is 0 Å². The van der Waals surface area contributed by atoms with E-state index in [9.17, 15) is 0 Å². The maximum absolute atomic E-state index is 5.97. The number of rotatable bonds is 6. The van der Waals surface area contributed by atoms with Crippen LogP contribution in [0.2, 0.25) is 5.02 Å². The summed E-state index contributed by atoms with van der Waals surface area (Å²) in [5.41, 5.74) is 2.01. The molecule has 1 aliphatic rings. The molecule has 4 nitrogen and oxygen atoms in total. The normalized spacial score (nSPS) is 16.2. The van der Waals surface area contributed by atoms with Gasteiger partial charge < -0.3 is 14.6 Å². The van der Waals surface area contributed by atoms with Crippen LogP contribution in [-0.2, 0) is 6.54 Å². The monoisotopic (exact) mass is 292 g/mol. The van der Waals surface area contributed by atoms with Crippen LogP contribution >= 0.6 is 11.6 Å². The molecule has 1 saturated heterocycles. The van der Waals surface area contributed by atoms with Gasteiger partial charge in [0.15, 0.2) is 0 Å². The summed E-state index contributed by atoms with van der Waals surface area (Å²) in [6.45, 7) is 5.65. The highest BCUT2D eigenvalue weighted by molar-refractivity contribution is 6.30. The Morgan fingerprint density at radius 3 is 2.90 bits per heavy atom. The number of fused-ring (bicyclic) bond motifs is 1. The molecule has 0 amide bonds. The fourth-order valence-electron chi connectivity index (χ4n) is 2.75. The van der Waals surface area contributed by atoms with Crippen molar-refractivity contribution in [2.45, 2.75) is 25.8 Å². The Hall–Kier alpha value is -1.10. The van der Waals surface area contributed by atoms with E-state index in [1.807, 2.05) is 28.9 Å². The molecule has 20 heavy (non-hydrogen) atoms. The van der Waals surface area contributed by atoms with E-state index in [0.717, 1.165) is 29.5 Å². The van der Waals surface area contributed by atoms with E-state index in [-0.39, 0.29) is 0 Å². The zero-order chi connectivity index (χ0) is 13.8. The Morgan fingerprint density at radius 2 is 2.05 bits per heavy atom. The summed E-state index contributed by atoms with van der Waals surface area (Å²) < 4.78 is 1.98. The molecule has 5 heteroatoms. The van der Waals surface area contributed by atoms with Gasteiger partial charge in [-0.05, 0) is 57.6 Å². The minimum absolute atomic E-state index is 0.736. The largest absolute Gasteiger partial charge is 0.311 e. The van der Waals surface area contributed by atoms with Gasteiger partial charge >= 0.3 is 0 Å². The first-order chi connectivity index (χ1) is 9.81. The van der Waals surface area contributed by atoms with Crippen molar-refractivity contribution in [1.29, 1.82) is 0 Å². The topological polar surface area (TPSA) is 32.6 Å². The van der Waals surface area contributed by atoms with Gasteiger partial charge in [-0.2, -0.15) is 0 Å². The van der Waals surface area contributed by atoms with Gasteiger partial charge in [-0.1, -0.05) is 11.6 Å². The molecule has 1 fully saturated rings. The molecule has 0 atom stereocenters. The van der Waals surface area contributed by atoms with Crippen molar-refractivity contribution in [3.8, 4) is 0 Å². The van der Waals surface area contributed by atoms with Crippen LogP contribution in [0.1, 0.15) is 25.0 Å². The molecule has 1 aliphatic heterocycles. The zero-order valence-corrected chi connectivity index (χ0v) is 12.4. The van der Waals surface area contributed by atoms with Gasteiger partial charge in [0.1, 0.15) is 5.65 Å². The summed E-state index contributed by atoms with van der Waals surface area (Å²) in [7, 11) is 0. The quantitative estimate of drug-likeness (QED) is 0.831. The number of hydrogen-bond donors (Lipinski definition) is 1. The van der Waals surface area contributed by atoms with Crippen LogP contribution in [0.3, 0.4) is 0 Å². The summed E-state index contributed by atoms with van der Waals surface area (Å²) in [5, 5.41) is 4.20. The molecule has 1 N–H and O–H groups in total. The highest BCUT2D eigenvalue weighted by Gasteiger charge is 2.10. The average Bonchev–Trinajstić information content (AvgIpc) is 3.06. The number of nitrogens with one attached hydrogen (secondary N) is 1. The lowest BCUT2D eigenvalue weighted by molar-refractivity contribution is 0.331. The number of nitrogens with zero attached hydrogens (tertiary/aromatic N) is 3. The lowest BCUT2D eigenvalue weighted by Gasteiger charge is -2.13. The summed E-state index contributed by atoms with van der Waals surface area (Å²) in [4.78, 5) is 7.11. The molecule has 0 bridgehead atoms.